The molecule has 0 amide bonds. The van der Waals surface area contributed by atoms with E-state index < -0.39 is 0 Å². The van der Waals surface area contributed by atoms with Crippen molar-refractivity contribution in [3.05, 3.63) is 23.9 Å². The summed E-state index contributed by atoms with van der Waals surface area (Å²) < 4.78 is 0. The van der Waals surface area contributed by atoms with E-state index in [1.807, 2.05) is 6.20 Å². The van der Waals surface area contributed by atoms with Gasteiger partial charge in [-0.05, 0) is 49.8 Å². The monoisotopic (exact) mass is 233 g/mol. The van der Waals surface area contributed by atoms with Crippen LogP contribution in [-0.2, 0) is 0 Å². The Kier molecular flexibility index (Phi) is 4.37. The van der Waals surface area contributed by atoms with Gasteiger partial charge < -0.3 is 11.1 Å². The SMILES string of the molecule is Cc1ccc(NCC2CCCCC2CN)nc1. The largest absolute Gasteiger partial charge is 0.370 e. The molecule has 0 aromatic carbocycles. The van der Waals surface area contributed by atoms with E-state index in [9.17, 15) is 0 Å². The van der Waals surface area contributed by atoms with Crippen molar-refractivity contribution < 1.29 is 0 Å². The summed E-state index contributed by atoms with van der Waals surface area (Å²) in [5.74, 6) is 2.40. The molecule has 0 bridgehead atoms. The lowest BCUT2D eigenvalue weighted by Crippen LogP contribution is -2.31. The minimum atomic E-state index is 0.696. The first-order chi connectivity index (χ1) is 8.29. The Hall–Kier alpha value is -1.09. The standard InChI is InChI=1S/C14H23N3/c1-11-6-7-14(16-9-11)17-10-13-5-3-2-4-12(13)8-15/h6-7,9,12-13H,2-5,8,10,15H2,1H3,(H,16,17). The van der Waals surface area contributed by atoms with Crippen molar-refractivity contribution in [2.75, 3.05) is 18.4 Å². The Morgan fingerprint density at radius 1 is 1.29 bits per heavy atom. The normalized spacial score (nSPS) is 24.6. The molecule has 0 radical (unpaired) electrons. The van der Waals surface area contributed by atoms with Crippen LogP contribution in [0.4, 0.5) is 5.82 Å². The fourth-order valence-electron chi connectivity index (χ4n) is 2.67. The molecule has 0 spiro atoms. The highest BCUT2D eigenvalue weighted by molar-refractivity contribution is 5.35. The first kappa shape index (κ1) is 12.4. The van der Waals surface area contributed by atoms with E-state index >= 15 is 0 Å². The molecule has 1 fully saturated rings. The van der Waals surface area contributed by atoms with E-state index in [2.05, 4.69) is 29.4 Å². The Balaban J connectivity index is 1.86. The fourth-order valence-corrected chi connectivity index (χ4v) is 2.67. The van der Waals surface area contributed by atoms with Crippen LogP contribution in [-0.4, -0.2) is 18.1 Å². The molecule has 2 atom stereocenters. The van der Waals surface area contributed by atoms with Gasteiger partial charge in [0.2, 0.25) is 0 Å². The molecule has 1 saturated carbocycles. The lowest BCUT2D eigenvalue weighted by atomic mass is 9.79. The number of aromatic nitrogens is 1. The molecule has 2 unspecified atom stereocenters. The van der Waals surface area contributed by atoms with Crippen LogP contribution in [0.2, 0.25) is 0 Å². The van der Waals surface area contributed by atoms with Crippen molar-refractivity contribution in [2.45, 2.75) is 32.6 Å². The average molecular weight is 233 g/mol. The molecule has 94 valence electrons. The predicted molar refractivity (Wildman–Crippen MR) is 72.0 cm³/mol. The van der Waals surface area contributed by atoms with Gasteiger partial charge in [-0.2, -0.15) is 0 Å². The molecule has 1 heterocycles. The molecular formula is C14H23N3. The number of aryl methyl sites for hydroxylation is 1. The summed E-state index contributed by atoms with van der Waals surface area (Å²) in [7, 11) is 0. The predicted octanol–water partition coefficient (Wildman–Crippen LogP) is 2.57. The van der Waals surface area contributed by atoms with Crippen LogP contribution >= 0.6 is 0 Å². The Labute approximate surface area is 104 Å². The van der Waals surface area contributed by atoms with E-state index in [0.29, 0.717) is 5.92 Å². The maximum atomic E-state index is 5.84. The molecule has 17 heavy (non-hydrogen) atoms. The average Bonchev–Trinajstić information content (AvgIpc) is 2.38. The van der Waals surface area contributed by atoms with Crippen LogP contribution in [0, 0.1) is 18.8 Å². The van der Waals surface area contributed by atoms with Gasteiger partial charge in [-0.15, -0.1) is 0 Å². The second-order valence-electron chi connectivity index (χ2n) is 5.14. The van der Waals surface area contributed by atoms with Crippen molar-refractivity contribution >= 4 is 5.82 Å². The number of anilines is 1. The molecular weight excluding hydrogens is 210 g/mol. The minimum Gasteiger partial charge on any atom is -0.370 e. The van der Waals surface area contributed by atoms with E-state index in [-0.39, 0.29) is 0 Å². The first-order valence-corrected chi connectivity index (χ1v) is 6.66. The summed E-state index contributed by atoms with van der Waals surface area (Å²) in [5, 5.41) is 3.44. The zero-order chi connectivity index (χ0) is 12.1. The van der Waals surface area contributed by atoms with Gasteiger partial charge in [0.1, 0.15) is 5.82 Å². The Bertz CT molecular complexity index is 334. The van der Waals surface area contributed by atoms with E-state index in [4.69, 9.17) is 5.73 Å². The summed E-state index contributed by atoms with van der Waals surface area (Å²) in [6, 6.07) is 4.15. The second-order valence-corrected chi connectivity index (χ2v) is 5.14. The summed E-state index contributed by atoms with van der Waals surface area (Å²) in [4.78, 5) is 4.37. The number of nitrogens with two attached hydrogens (primary N) is 1. The van der Waals surface area contributed by atoms with Gasteiger partial charge in [0.15, 0.2) is 0 Å². The topological polar surface area (TPSA) is 50.9 Å². The summed E-state index contributed by atoms with van der Waals surface area (Å²) >= 11 is 0. The van der Waals surface area contributed by atoms with Crippen LogP contribution in [0.5, 0.6) is 0 Å². The molecule has 1 aliphatic rings. The Morgan fingerprint density at radius 2 is 2.06 bits per heavy atom. The molecule has 1 aromatic heterocycles. The van der Waals surface area contributed by atoms with Crippen molar-refractivity contribution in [3.8, 4) is 0 Å². The minimum absolute atomic E-state index is 0.696. The third-order valence-electron chi connectivity index (χ3n) is 3.83. The van der Waals surface area contributed by atoms with Gasteiger partial charge in [0.25, 0.3) is 0 Å². The molecule has 3 heteroatoms. The third kappa shape index (κ3) is 3.43. The highest BCUT2D eigenvalue weighted by Gasteiger charge is 2.23. The molecule has 1 aromatic rings. The molecule has 1 aliphatic carbocycles. The van der Waals surface area contributed by atoms with Gasteiger partial charge in [0.05, 0.1) is 0 Å². The number of hydrogen-bond donors (Lipinski definition) is 2. The first-order valence-electron chi connectivity index (χ1n) is 6.66. The van der Waals surface area contributed by atoms with Crippen LogP contribution < -0.4 is 11.1 Å². The fraction of sp³-hybridized carbons (Fsp3) is 0.643. The molecule has 3 N–H and O–H groups in total. The van der Waals surface area contributed by atoms with Crippen molar-refractivity contribution in [3.63, 3.8) is 0 Å². The van der Waals surface area contributed by atoms with Crippen LogP contribution in [0.1, 0.15) is 31.2 Å². The van der Waals surface area contributed by atoms with Gasteiger partial charge in [-0.3, -0.25) is 0 Å². The lowest BCUT2D eigenvalue weighted by molar-refractivity contribution is 0.255. The lowest BCUT2D eigenvalue weighted by Gasteiger charge is -2.30. The Morgan fingerprint density at radius 3 is 2.71 bits per heavy atom. The smallest absolute Gasteiger partial charge is 0.125 e. The molecule has 0 saturated heterocycles. The summed E-state index contributed by atoms with van der Waals surface area (Å²) in [6.45, 7) is 3.90. The maximum absolute atomic E-state index is 5.84. The zero-order valence-corrected chi connectivity index (χ0v) is 10.7. The van der Waals surface area contributed by atoms with Gasteiger partial charge in [-0.1, -0.05) is 18.9 Å². The van der Waals surface area contributed by atoms with Crippen LogP contribution in [0.15, 0.2) is 18.3 Å². The number of rotatable bonds is 4. The van der Waals surface area contributed by atoms with Gasteiger partial charge in [0, 0.05) is 12.7 Å². The highest BCUT2D eigenvalue weighted by Crippen LogP contribution is 2.29. The van der Waals surface area contributed by atoms with E-state index in [0.717, 1.165) is 24.8 Å². The van der Waals surface area contributed by atoms with E-state index in [1.165, 1.54) is 31.2 Å². The highest BCUT2D eigenvalue weighted by atomic mass is 15.0. The number of nitrogens with one attached hydrogen (secondary N) is 1. The van der Waals surface area contributed by atoms with Crippen molar-refractivity contribution in [1.82, 2.24) is 4.98 Å². The second kappa shape index (κ2) is 6.01. The molecule has 0 aliphatic heterocycles. The molecule has 2 rings (SSSR count). The van der Waals surface area contributed by atoms with Gasteiger partial charge >= 0.3 is 0 Å². The van der Waals surface area contributed by atoms with Crippen molar-refractivity contribution in [1.29, 1.82) is 0 Å². The maximum Gasteiger partial charge on any atom is 0.125 e. The third-order valence-corrected chi connectivity index (χ3v) is 3.83. The summed E-state index contributed by atoms with van der Waals surface area (Å²) in [5.41, 5.74) is 7.04. The summed E-state index contributed by atoms with van der Waals surface area (Å²) in [6.07, 6.45) is 7.21. The quantitative estimate of drug-likeness (QED) is 0.840. The van der Waals surface area contributed by atoms with Crippen LogP contribution in [0.25, 0.3) is 0 Å². The number of nitrogens with zero attached hydrogens (tertiary/aromatic N) is 1. The number of hydrogen-bond acceptors (Lipinski definition) is 3. The zero-order valence-electron chi connectivity index (χ0n) is 10.7. The van der Waals surface area contributed by atoms with E-state index in [1.54, 1.807) is 0 Å². The molecule has 3 nitrogen and oxygen atoms in total. The number of pyridine rings is 1. The van der Waals surface area contributed by atoms with Crippen molar-refractivity contribution in [2.24, 2.45) is 17.6 Å². The van der Waals surface area contributed by atoms with Crippen LogP contribution in [0.3, 0.4) is 0 Å². The van der Waals surface area contributed by atoms with Gasteiger partial charge in [-0.25, -0.2) is 4.98 Å².